The molecule has 2 aromatic rings. The number of ether oxygens (including phenoxy) is 1. The van der Waals surface area contributed by atoms with Crippen LogP contribution in [0.2, 0.25) is 0 Å². The molecule has 0 aliphatic heterocycles. The number of carbonyl (C=O) groups is 2. The number of unbranched alkanes of at least 4 members (excludes halogenated alkanes) is 1. The number of carbonyl (C=O) groups excluding carboxylic acids is 1. The van der Waals surface area contributed by atoms with E-state index in [1.54, 1.807) is 0 Å². The summed E-state index contributed by atoms with van der Waals surface area (Å²) in [5.41, 5.74) is 4.72. The molecule has 0 heterocycles. The SMILES string of the molecule is CCCC[C@H](CCC(=O)O)NC(=O)OCC1c2ccccc2-c2ccccc21. The number of carboxylic acids is 1. The summed E-state index contributed by atoms with van der Waals surface area (Å²) in [6.45, 7) is 2.33. The summed E-state index contributed by atoms with van der Waals surface area (Å²) in [7, 11) is 0. The Kier molecular flexibility index (Phi) is 6.69. The summed E-state index contributed by atoms with van der Waals surface area (Å²) in [4.78, 5) is 23.2. The van der Waals surface area contributed by atoms with Gasteiger partial charge in [-0.15, -0.1) is 0 Å². The normalized spacial score (nSPS) is 13.5. The lowest BCUT2D eigenvalue weighted by atomic mass is 9.98. The third-order valence-corrected chi connectivity index (χ3v) is 5.28. The lowest BCUT2D eigenvalue weighted by Gasteiger charge is -2.19. The van der Waals surface area contributed by atoms with Gasteiger partial charge >= 0.3 is 12.1 Å². The fraction of sp³-hybridized carbons (Fsp3) is 0.391. The van der Waals surface area contributed by atoms with E-state index in [4.69, 9.17) is 9.84 Å². The van der Waals surface area contributed by atoms with Crippen LogP contribution in [0.5, 0.6) is 0 Å². The van der Waals surface area contributed by atoms with Crippen LogP contribution in [0.15, 0.2) is 48.5 Å². The third-order valence-electron chi connectivity index (χ3n) is 5.28. The molecule has 0 fully saturated rings. The van der Waals surface area contributed by atoms with Crippen molar-refractivity contribution < 1.29 is 19.4 Å². The van der Waals surface area contributed by atoms with Gasteiger partial charge in [0.15, 0.2) is 0 Å². The summed E-state index contributed by atoms with van der Waals surface area (Å²) in [5.74, 6) is -0.831. The molecular weight excluding hydrogens is 354 g/mol. The van der Waals surface area contributed by atoms with Crippen molar-refractivity contribution in [2.45, 2.75) is 51.0 Å². The molecule has 0 bridgehead atoms. The van der Waals surface area contributed by atoms with Crippen LogP contribution in [-0.4, -0.2) is 29.8 Å². The van der Waals surface area contributed by atoms with E-state index in [2.05, 4.69) is 36.5 Å². The Morgan fingerprint density at radius 2 is 1.64 bits per heavy atom. The molecule has 1 aliphatic rings. The van der Waals surface area contributed by atoms with E-state index >= 15 is 0 Å². The average molecular weight is 381 g/mol. The van der Waals surface area contributed by atoms with E-state index < -0.39 is 12.1 Å². The van der Waals surface area contributed by atoms with Crippen molar-refractivity contribution in [3.05, 3.63) is 59.7 Å². The highest BCUT2D eigenvalue weighted by Crippen LogP contribution is 2.44. The van der Waals surface area contributed by atoms with Crippen molar-refractivity contribution in [3.8, 4) is 11.1 Å². The number of carboxylic acid groups (broad SMARTS) is 1. The summed E-state index contributed by atoms with van der Waals surface area (Å²) in [6.07, 6.45) is 2.67. The molecule has 0 saturated carbocycles. The lowest BCUT2D eigenvalue weighted by Crippen LogP contribution is -2.36. The molecule has 0 radical (unpaired) electrons. The van der Waals surface area contributed by atoms with Gasteiger partial charge in [0.05, 0.1) is 0 Å². The van der Waals surface area contributed by atoms with Gasteiger partial charge in [-0.05, 0) is 35.1 Å². The molecule has 0 spiro atoms. The maximum atomic E-state index is 12.4. The van der Waals surface area contributed by atoms with Crippen LogP contribution >= 0.6 is 0 Å². The number of hydrogen-bond acceptors (Lipinski definition) is 3. The number of nitrogens with one attached hydrogen (secondary N) is 1. The molecular formula is C23H27NO4. The number of hydrogen-bond donors (Lipinski definition) is 2. The second kappa shape index (κ2) is 9.40. The third kappa shape index (κ3) is 4.71. The fourth-order valence-electron chi connectivity index (χ4n) is 3.84. The number of amides is 1. The van der Waals surface area contributed by atoms with Gasteiger partial charge in [-0.1, -0.05) is 68.3 Å². The summed E-state index contributed by atoms with van der Waals surface area (Å²) in [6, 6.07) is 16.2. The first-order chi connectivity index (χ1) is 13.6. The van der Waals surface area contributed by atoms with Gasteiger partial charge in [0.2, 0.25) is 0 Å². The van der Waals surface area contributed by atoms with Crippen molar-refractivity contribution in [1.29, 1.82) is 0 Å². The highest BCUT2D eigenvalue weighted by molar-refractivity contribution is 5.79. The number of benzene rings is 2. The van der Waals surface area contributed by atoms with Crippen molar-refractivity contribution in [1.82, 2.24) is 5.32 Å². The van der Waals surface area contributed by atoms with E-state index in [0.717, 1.165) is 19.3 Å². The molecule has 148 valence electrons. The minimum atomic E-state index is -0.851. The van der Waals surface area contributed by atoms with Crippen LogP contribution < -0.4 is 5.32 Å². The molecule has 1 amide bonds. The van der Waals surface area contributed by atoms with Crippen LogP contribution in [0.3, 0.4) is 0 Å². The molecule has 5 nitrogen and oxygen atoms in total. The number of aliphatic carboxylic acids is 1. The van der Waals surface area contributed by atoms with Crippen LogP contribution in [0.1, 0.15) is 56.1 Å². The highest BCUT2D eigenvalue weighted by atomic mass is 16.5. The van der Waals surface area contributed by atoms with Gasteiger partial charge in [0, 0.05) is 18.4 Å². The molecule has 2 N–H and O–H groups in total. The van der Waals surface area contributed by atoms with Crippen molar-refractivity contribution in [3.63, 3.8) is 0 Å². The number of rotatable bonds is 9. The van der Waals surface area contributed by atoms with Crippen LogP contribution in [0, 0.1) is 0 Å². The van der Waals surface area contributed by atoms with Gasteiger partial charge in [0.25, 0.3) is 0 Å². The first-order valence-corrected chi connectivity index (χ1v) is 9.93. The van der Waals surface area contributed by atoms with Crippen LogP contribution in [-0.2, 0) is 9.53 Å². The first-order valence-electron chi connectivity index (χ1n) is 9.93. The molecule has 0 unspecified atom stereocenters. The lowest BCUT2D eigenvalue weighted by molar-refractivity contribution is -0.137. The summed E-state index contributed by atoms with van der Waals surface area (Å²) >= 11 is 0. The van der Waals surface area contributed by atoms with Crippen molar-refractivity contribution >= 4 is 12.1 Å². The minimum absolute atomic E-state index is 0.0197. The second-order valence-electron chi connectivity index (χ2n) is 7.24. The van der Waals surface area contributed by atoms with Gasteiger partial charge < -0.3 is 15.2 Å². The molecule has 0 aromatic heterocycles. The zero-order valence-corrected chi connectivity index (χ0v) is 16.2. The Balaban J connectivity index is 1.63. The van der Waals surface area contributed by atoms with E-state index in [1.165, 1.54) is 22.3 Å². The van der Waals surface area contributed by atoms with E-state index in [0.29, 0.717) is 6.42 Å². The Bertz CT molecular complexity index is 787. The Morgan fingerprint density at radius 3 is 2.21 bits per heavy atom. The quantitative estimate of drug-likeness (QED) is 0.644. The fourth-order valence-corrected chi connectivity index (χ4v) is 3.84. The highest BCUT2D eigenvalue weighted by Gasteiger charge is 2.29. The predicted molar refractivity (Wildman–Crippen MR) is 108 cm³/mol. The average Bonchev–Trinajstić information content (AvgIpc) is 3.02. The Morgan fingerprint density at radius 1 is 1.04 bits per heavy atom. The van der Waals surface area contributed by atoms with Gasteiger partial charge in [0.1, 0.15) is 6.61 Å². The van der Waals surface area contributed by atoms with Crippen LogP contribution in [0.25, 0.3) is 11.1 Å². The molecule has 28 heavy (non-hydrogen) atoms. The maximum Gasteiger partial charge on any atom is 0.407 e. The van der Waals surface area contributed by atoms with Gasteiger partial charge in [-0.2, -0.15) is 0 Å². The Labute approximate surface area is 165 Å². The van der Waals surface area contributed by atoms with E-state index in [9.17, 15) is 9.59 Å². The first kappa shape index (κ1) is 19.9. The molecule has 5 heteroatoms. The number of alkyl carbamates (subject to hydrolysis) is 1. The zero-order valence-electron chi connectivity index (χ0n) is 16.2. The smallest absolute Gasteiger partial charge is 0.407 e. The largest absolute Gasteiger partial charge is 0.481 e. The van der Waals surface area contributed by atoms with E-state index in [-0.39, 0.29) is 25.0 Å². The zero-order chi connectivity index (χ0) is 19.9. The molecule has 2 aromatic carbocycles. The molecule has 3 rings (SSSR count). The van der Waals surface area contributed by atoms with Crippen molar-refractivity contribution in [2.24, 2.45) is 0 Å². The Hall–Kier alpha value is -2.82. The van der Waals surface area contributed by atoms with E-state index in [1.807, 2.05) is 24.3 Å². The molecule has 1 aliphatic carbocycles. The number of fused-ring (bicyclic) bond motifs is 3. The predicted octanol–water partition coefficient (Wildman–Crippen LogP) is 4.95. The second-order valence-corrected chi connectivity index (χ2v) is 7.24. The standard InChI is InChI=1S/C23H27NO4/c1-2-3-8-16(13-14-22(25)26)24-23(27)28-15-21-19-11-6-4-9-17(19)18-10-5-7-12-20(18)21/h4-7,9-12,16,21H,2-3,8,13-15H2,1H3,(H,24,27)(H,25,26)/t16-/m1/s1. The monoisotopic (exact) mass is 381 g/mol. The van der Waals surface area contributed by atoms with Gasteiger partial charge in [-0.25, -0.2) is 4.79 Å². The summed E-state index contributed by atoms with van der Waals surface area (Å²) < 4.78 is 5.56. The maximum absolute atomic E-state index is 12.4. The molecule has 1 atom stereocenters. The molecule has 0 saturated heterocycles. The van der Waals surface area contributed by atoms with Crippen molar-refractivity contribution in [2.75, 3.05) is 6.61 Å². The minimum Gasteiger partial charge on any atom is -0.481 e. The van der Waals surface area contributed by atoms with Crippen LogP contribution in [0.4, 0.5) is 4.79 Å². The topological polar surface area (TPSA) is 75.6 Å². The van der Waals surface area contributed by atoms with Gasteiger partial charge in [-0.3, -0.25) is 4.79 Å². The summed E-state index contributed by atoms with van der Waals surface area (Å²) in [5, 5.41) is 11.8.